The summed E-state index contributed by atoms with van der Waals surface area (Å²) in [7, 11) is 1.55. The Balaban J connectivity index is 2.18. The fourth-order valence-corrected chi connectivity index (χ4v) is 2.04. The van der Waals surface area contributed by atoms with Gasteiger partial charge < -0.3 is 15.2 Å². The Kier molecular flexibility index (Phi) is 4.01. The Hall–Kier alpha value is -1.99. The van der Waals surface area contributed by atoms with Gasteiger partial charge in [-0.05, 0) is 30.0 Å². The van der Waals surface area contributed by atoms with Crippen LogP contribution in [0.4, 0.5) is 0 Å². The second-order valence-corrected chi connectivity index (χ2v) is 5.59. The first-order valence-electron chi connectivity index (χ1n) is 6.56. The third-order valence-corrected chi connectivity index (χ3v) is 3.58. The van der Waals surface area contributed by atoms with E-state index in [2.05, 4.69) is 31.0 Å². The third-order valence-electron chi connectivity index (χ3n) is 3.58. The number of aliphatic hydroxyl groups is 1. The number of ether oxygens (including phenoxy) is 1. The van der Waals surface area contributed by atoms with Crippen LogP contribution in [0.2, 0.25) is 0 Å². The van der Waals surface area contributed by atoms with Crippen molar-refractivity contribution in [3.05, 3.63) is 29.3 Å². The highest BCUT2D eigenvalue weighted by atomic mass is 16.5. The Morgan fingerprint density at radius 2 is 2.25 bits per heavy atom. The van der Waals surface area contributed by atoms with Crippen LogP contribution in [0, 0.1) is 17.3 Å². The maximum atomic E-state index is 12.2. The van der Waals surface area contributed by atoms with Gasteiger partial charge in [-0.1, -0.05) is 25.7 Å². The van der Waals surface area contributed by atoms with E-state index in [1.165, 1.54) is 0 Å². The number of nitrogens with one attached hydrogen (secondary N) is 1. The van der Waals surface area contributed by atoms with Crippen LogP contribution in [0.3, 0.4) is 0 Å². The molecule has 1 amide bonds. The molecule has 1 saturated carbocycles. The molecule has 1 atom stereocenters. The minimum absolute atomic E-state index is 0.102. The molecular weight excluding hydrogens is 254 g/mol. The molecule has 4 nitrogen and oxygen atoms in total. The van der Waals surface area contributed by atoms with Gasteiger partial charge in [0.05, 0.1) is 12.7 Å². The van der Waals surface area contributed by atoms with Crippen molar-refractivity contribution in [1.29, 1.82) is 0 Å². The van der Waals surface area contributed by atoms with Crippen molar-refractivity contribution >= 4 is 5.91 Å². The van der Waals surface area contributed by atoms with Crippen molar-refractivity contribution in [1.82, 2.24) is 5.32 Å². The molecule has 0 aliphatic heterocycles. The average Bonchev–Trinajstić information content (AvgIpc) is 3.02. The first-order valence-corrected chi connectivity index (χ1v) is 6.56. The number of carbonyl (C=O) groups is 1. The van der Waals surface area contributed by atoms with Crippen molar-refractivity contribution < 1.29 is 14.6 Å². The number of hydrogen-bond acceptors (Lipinski definition) is 3. The molecule has 1 aliphatic rings. The molecule has 20 heavy (non-hydrogen) atoms. The lowest BCUT2D eigenvalue weighted by Gasteiger charge is -2.09. The molecule has 2 rings (SSSR count). The lowest BCUT2D eigenvalue weighted by molar-refractivity contribution is 0.0946. The quantitative estimate of drug-likeness (QED) is 0.822. The molecule has 4 heteroatoms. The average molecular weight is 273 g/mol. The topological polar surface area (TPSA) is 58.6 Å². The molecule has 1 fully saturated rings. The maximum Gasteiger partial charge on any atom is 0.251 e. The molecular formula is C16H19NO3. The molecule has 1 unspecified atom stereocenters. The zero-order valence-electron chi connectivity index (χ0n) is 12.0. The first-order chi connectivity index (χ1) is 9.47. The molecule has 0 aromatic heterocycles. The van der Waals surface area contributed by atoms with Crippen LogP contribution in [0.15, 0.2) is 18.2 Å². The van der Waals surface area contributed by atoms with Crippen molar-refractivity contribution in [2.24, 2.45) is 5.41 Å². The first kappa shape index (κ1) is 14.4. The number of carbonyl (C=O) groups excluding carboxylic acids is 1. The predicted molar refractivity (Wildman–Crippen MR) is 76.6 cm³/mol. The van der Waals surface area contributed by atoms with Crippen molar-refractivity contribution in [3.63, 3.8) is 0 Å². The second-order valence-electron chi connectivity index (χ2n) is 5.59. The molecule has 0 spiro atoms. The number of methoxy groups -OCH3 is 1. The molecule has 0 radical (unpaired) electrons. The van der Waals surface area contributed by atoms with E-state index in [0.29, 0.717) is 16.9 Å². The summed E-state index contributed by atoms with van der Waals surface area (Å²) >= 11 is 0. The standard InChI is InChI=1S/C16H19NO3/c1-16(2)10-14(16)17-15(19)12-6-7-13(20-3)11(9-12)5-4-8-18/h6-7,9,14,18H,8,10H2,1-3H3,(H,17,19). The highest BCUT2D eigenvalue weighted by molar-refractivity contribution is 5.95. The molecule has 2 N–H and O–H groups in total. The van der Waals surface area contributed by atoms with Crippen LogP contribution >= 0.6 is 0 Å². The summed E-state index contributed by atoms with van der Waals surface area (Å²) in [5.74, 6) is 5.85. The minimum atomic E-state index is -0.226. The van der Waals surface area contributed by atoms with Gasteiger partial charge in [0, 0.05) is 11.6 Å². The van der Waals surface area contributed by atoms with Gasteiger partial charge in [-0.15, -0.1) is 0 Å². The summed E-state index contributed by atoms with van der Waals surface area (Å²) in [5, 5.41) is 11.8. The Morgan fingerprint density at radius 1 is 1.55 bits per heavy atom. The predicted octanol–water partition coefficient (Wildman–Crippen LogP) is 1.57. The van der Waals surface area contributed by atoms with Crippen LogP contribution in [-0.2, 0) is 0 Å². The zero-order chi connectivity index (χ0) is 14.8. The van der Waals surface area contributed by atoms with Gasteiger partial charge in [0.1, 0.15) is 12.4 Å². The largest absolute Gasteiger partial charge is 0.495 e. The monoisotopic (exact) mass is 273 g/mol. The van der Waals surface area contributed by atoms with Gasteiger partial charge in [0.15, 0.2) is 0 Å². The van der Waals surface area contributed by atoms with E-state index in [4.69, 9.17) is 9.84 Å². The van der Waals surface area contributed by atoms with E-state index in [1.807, 2.05) is 0 Å². The van der Waals surface area contributed by atoms with E-state index < -0.39 is 0 Å². The SMILES string of the molecule is COc1ccc(C(=O)NC2CC2(C)C)cc1C#CCO. The smallest absolute Gasteiger partial charge is 0.251 e. The van der Waals surface area contributed by atoms with Crippen LogP contribution in [0.1, 0.15) is 36.2 Å². The van der Waals surface area contributed by atoms with Gasteiger partial charge in [-0.3, -0.25) is 4.79 Å². The molecule has 0 saturated heterocycles. The summed E-state index contributed by atoms with van der Waals surface area (Å²) in [6.45, 7) is 4.03. The minimum Gasteiger partial charge on any atom is -0.495 e. The number of aliphatic hydroxyl groups excluding tert-OH is 1. The molecule has 0 heterocycles. The number of rotatable bonds is 3. The Morgan fingerprint density at radius 3 is 2.80 bits per heavy atom. The zero-order valence-corrected chi connectivity index (χ0v) is 12.0. The van der Waals surface area contributed by atoms with Crippen LogP contribution in [-0.4, -0.2) is 30.8 Å². The highest BCUT2D eigenvalue weighted by Gasteiger charge is 2.46. The number of amides is 1. The van der Waals surface area contributed by atoms with Gasteiger partial charge >= 0.3 is 0 Å². The van der Waals surface area contributed by atoms with Gasteiger partial charge in [-0.2, -0.15) is 0 Å². The summed E-state index contributed by atoms with van der Waals surface area (Å²) in [6.07, 6.45) is 1.01. The second kappa shape index (κ2) is 5.56. The molecule has 1 aromatic carbocycles. The maximum absolute atomic E-state index is 12.2. The summed E-state index contributed by atoms with van der Waals surface area (Å²) in [6, 6.07) is 5.36. The van der Waals surface area contributed by atoms with Crippen molar-refractivity contribution in [2.45, 2.75) is 26.3 Å². The van der Waals surface area contributed by atoms with E-state index in [0.717, 1.165) is 6.42 Å². The summed E-state index contributed by atoms with van der Waals surface area (Å²) < 4.78 is 5.19. The van der Waals surface area contributed by atoms with E-state index in [1.54, 1.807) is 25.3 Å². The molecule has 0 bridgehead atoms. The van der Waals surface area contributed by atoms with Crippen molar-refractivity contribution in [3.8, 4) is 17.6 Å². The molecule has 106 valence electrons. The van der Waals surface area contributed by atoms with E-state index >= 15 is 0 Å². The molecule has 1 aliphatic carbocycles. The summed E-state index contributed by atoms with van der Waals surface area (Å²) in [4.78, 5) is 12.2. The van der Waals surface area contributed by atoms with Gasteiger partial charge in [0.2, 0.25) is 0 Å². The van der Waals surface area contributed by atoms with Gasteiger partial charge in [0.25, 0.3) is 5.91 Å². The fraction of sp³-hybridized carbons (Fsp3) is 0.438. The molecule has 1 aromatic rings. The summed E-state index contributed by atoms with van der Waals surface area (Å²) in [5.41, 5.74) is 1.35. The Labute approximate surface area is 119 Å². The lowest BCUT2D eigenvalue weighted by atomic mass is 10.1. The Bertz CT molecular complexity index is 581. The van der Waals surface area contributed by atoms with Crippen LogP contribution < -0.4 is 10.1 Å². The third kappa shape index (κ3) is 3.12. The highest BCUT2D eigenvalue weighted by Crippen LogP contribution is 2.44. The fourth-order valence-electron chi connectivity index (χ4n) is 2.04. The van der Waals surface area contributed by atoms with E-state index in [9.17, 15) is 4.79 Å². The van der Waals surface area contributed by atoms with Crippen molar-refractivity contribution in [2.75, 3.05) is 13.7 Å². The van der Waals surface area contributed by atoms with Crippen LogP contribution in [0.5, 0.6) is 5.75 Å². The number of hydrogen-bond donors (Lipinski definition) is 2. The normalized spacial score (nSPS) is 18.7. The van der Waals surface area contributed by atoms with E-state index in [-0.39, 0.29) is 24.0 Å². The lowest BCUT2D eigenvalue weighted by Crippen LogP contribution is -2.28. The van der Waals surface area contributed by atoms with Crippen LogP contribution in [0.25, 0.3) is 0 Å². The van der Waals surface area contributed by atoms with Gasteiger partial charge in [-0.25, -0.2) is 0 Å². The number of benzene rings is 1.